The Morgan fingerprint density at radius 3 is 2.75 bits per heavy atom. The van der Waals surface area contributed by atoms with Crippen molar-refractivity contribution in [2.45, 2.75) is 38.8 Å². The van der Waals surface area contributed by atoms with Gasteiger partial charge in [-0.1, -0.05) is 5.16 Å². The lowest BCUT2D eigenvalue weighted by molar-refractivity contribution is 0.109. The lowest BCUT2D eigenvalue weighted by atomic mass is 9.97. The van der Waals surface area contributed by atoms with Crippen LogP contribution in [0.1, 0.15) is 44.0 Å². The first-order chi connectivity index (χ1) is 11.7. The summed E-state index contributed by atoms with van der Waals surface area (Å²) in [6.45, 7) is 10.8. The first-order valence-electron chi connectivity index (χ1n) is 9.25. The third-order valence-corrected chi connectivity index (χ3v) is 5.22. The SMILES string of the molecule is COC(C)c1noc(CN2CCCN(CC3CCNCC3)CC2)n1. The third-order valence-electron chi connectivity index (χ3n) is 5.22. The highest BCUT2D eigenvalue weighted by Crippen LogP contribution is 2.16. The summed E-state index contributed by atoms with van der Waals surface area (Å²) in [5.41, 5.74) is 0. The summed E-state index contributed by atoms with van der Waals surface area (Å²) in [5.74, 6) is 2.20. The molecular formula is C17H31N5O2. The molecule has 2 aliphatic rings. The van der Waals surface area contributed by atoms with E-state index >= 15 is 0 Å². The highest BCUT2D eigenvalue weighted by Gasteiger charge is 2.21. The normalized spacial score (nSPS) is 23.2. The fourth-order valence-electron chi connectivity index (χ4n) is 3.59. The lowest BCUT2D eigenvalue weighted by Gasteiger charge is -2.29. The van der Waals surface area contributed by atoms with E-state index in [4.69, 9.17) is 9.26 Å². The van der Waals surface area contributed by atoms with Gasteiger partial charge in [-0.25, -0.2) is 0 Å². The van der Waals surface area contributed by atoms with Gasteiger partial charge in [0.2, 0.25) is 5.89 Å². The number of hydrogen-bond acceptors (Lipinski definition) is 7. The zero-order valence-electron chi connectivity index (χ0n) is 15.0. The second-order valence-electron chi connectivity index (χ2n) is 7.05. The van der Waals surface area contributed by atoms with E-state index in [-0.39, 0.29) is 6.10 Å². The Morgan fingerprint density at radius 2 is 1.96 bits per heavy atom. The molecule has 1 aromatic rings. The fraction of sp³-hybridized carbons (Fsp3) is 0.882. The van der Waals surface area contributed by atoms with Crippen LogP contribution in [0.25, 0.3) is 0 Å². The molecular weight excluding hydrogens is 306 g/mol. The Hall–Kier alpha value is -1.02. The van der Waals surface area contributed by atoms with Gasteiger partial charge in [-0.3, -0.25) is 4.90 Å². The fourth-order valence-corrected chi connectivity index (χ4v) is 3.59. The van der Waals surface area contributed by atoms with Crippen LogP contribution < -0.4 is 5.32 Å². The van der Waals surface area contributed by atoms with E-state index in [1.54, 1.807) is 7.11 Å². The van der Waals surface area contributed by atoms with Gasteiger partial charge < -0.3 is 19.5 Å². The Morgan fingerprint density at radius 1 is 1.21 bits per heavy atom. The number of hydrogen-bond donors (Lipinski definition) is 1. The van der Waals surface area contributed by atoms with E-state index < -0.39 is 0 Å². The van der Waals surface area contributed by atoms with Crippen LogP contribution in [0.3, 0.4) is 0 Å². The summed E-state index contributed by atoms with van der Waals surface area (Å²) < 4.78 is 10.6. The Labute approximate surface area is 144 Å². The summed E-state index contributed by atoms with van der Waals surface area (Å²) in [6, 6.07) is 0. The van der Waals surface area contributed by atoms with Crippen molar-refractivity contribution in [1.29, 1.82) is 0 Å². The van der Waals surface area contributed by atoms with Crippen molar-refractivity contribution in [3.05, 3.63) is 11.7 Å². The maximum absolute atomic E-state index is 5.38. The zero-order valence-corrected chi connectivity index (χ0v) is 15.0. The number of methoxy groups -OCH3 is 1. The van der Waals surface area contributed by atoms with Crippen molar-refractivity contribution < 1.29 is 9.26 Å². The van der Waals surface area contributed by atoms with Crippen LogP contribution in [0.5, 0.6) is 0 Å². The Kier molecular flexibility index (Phi) is 6.59. The predicted molar refractivity (Wildman–Crippen MR) is 91.6 cm³/mol. The van der Waals surface area contributed by atoms with Crippen LogP contribution in [0, 0.1) is 5.92 Å². The topological polar surface area (TPSA) is 66.7 Å². The molecule has 24 heavy (non-hydrogen) atoms. The number of piperidine rings is 1. The average molecular weight is 337 g/mol. The molecule has 0 spiro atoms. The van der Waals surface area contributed by atoms with E-state index in [2.05, 4.69) is 25.3 Å². The molecule has 0 saturated carbocycles. The molecule has 1 unspecified atom stereocenters. The van der Waals surface area contributed by atoms with Crippen LogP contribution in [0.15, 0.2) is 4.52 Å². The molecule has 0 aliphatic carbocycles. The van der Waals surface area contributed by atoms with Crippen molar-refractivity contribution in [2.24, 2.45) is 5.92 Å². The van der Waals surface area contributed by atoms with E-state index in [1.807, 2.05) is 6.92 Å². The maximum atomic E-state index is 5.38. The molecule has 0 bridgehead atoms. The van der Waals surface area contributed by atoms with Gasteiger partial charge in [0, 0.05) is 26.7 Å². The predicted octanol–water partition coefficient (Wildman–Crippen LogP) is 1.28. The summed E-state index contributed by atoms with van der Waals surface area (Å²) >= 11 is 0. The molecule has 2 aliphatic heterocycles. The minimum Gasteiger partial charge on any atom is -0.374 e. The largest absolute Gasteiger partial charge is 0.374 e. The smallest absolute Gasteiger partial charge is 0.240 e. The lowest BCUT2D eigenvalue weighted by Crippen LogP contribution is -2.38. The van der Waals surface area contributed by atoms with Crippen LogP contribution in [-0.2, 0) is 11.3 Å². The number of aromatic nitrogens is 2. The number of nitrogens with one attached hydrogen (secondary N) is 1. The average Bonchev–Trinajstić information content (AvgIpc) is 2.97. The van der Waals surface area contributed by atoms with E-state index in [1.165, 1.54) is 45.4 Å². The Balaban J connectivity index is 1.45. The van der Waals surface area contributed by atoms with Gasteiger partial charge in [-0.15, -0.1) is 0 Å². The van der Waals surface area contributed by atoms with Gasteiger partial charge in [-0.05, 0) is 58.3 Å². The quantitative estimate of drug-likeness (QED) is 0.839. The van der Waals surface area contributed by atoms with Crippen molar-refractivity contribution in [1.82, 2.24) is 25.3 Å². The molecule has 0 radical (unpaired) electrons. The van der Waals surface area contributed by atoms with Gasteiger partial charge >= 0.3 is 0 Å². The molecule has 0 aromatic carbocycles. The van der Waals surface area contributed by atoms with E-state index in [0.717, 1.165) is 32.1 Å². The first-order valence-corrected chi connectivity index (χ1v) is 9.25. The van der Waals surface area contributed by atoms with Crippen LogP contribution in [0.2, 0.25) is 0 Å². The maximum Gasteiger partial charge on any atom is 0.240 e. The Bertz CT molecular complexity index is 489. The molecule has 2 fully saturated rings. The highest BCUT2D eigenvalue weighted by atomic mass is 16.5. The van der Waals surface area contributed by atoms with Crippen molar-refractivity contribution in [2.75, 3.05) is 52.9 Å². The molecule has 0 amide bonds. The van der Waals surface area contributed by atoms with Crippen molar-refractivity contribution in [3.8, 4) is 0 Å². The molecule has 136 valence electrons. The molecule has 1 aromatic heterocycles. The molecule has 3 heterocycles. The van der Waals surface area contributed by atoms with Crippen LogP contribution in [-0.4, -0.2) is 72.9 Å². The minimum atomic E-state index is -0.118. The van der Waals surface area contributed by atoms with Gasteiger partial charge in [0.25, 0.3) is 0 Å². The molecule has 1 N–H and O–H groups in total. The number of rotatable bonds is 6. The summed E-state index contributed by atoms with van der Waals surface area (Å²) in [7, 11) is 1.66. The zero-order chi connectivity index (χ0) is 16.8. The van der Waals surface area contributed by atoms with Gasteiger partial charge in [-0.2, -0.15) is 4.98 Å². The van der Waals surface area contributed by atoms with Gasteiger partial charge in [0.1, 0.15) is 6.10 Å². The minimum absolute atomic E-state index is 0.118. The standard InChI is InChI=1S/C17H31N5O2/c1-14(23-2)17-19-16(24-20-17)13-22-9-3-8-21(10-11-22)12-15-4-6-18-7-5-15/h14-15,18H,3-13H2,1-2H3. The van der Waals surface area contributed by atoms with E-state index in [0.29, 0.717) is 11.7 Å². The summed E-state index contributed by atoms with van der Waals surface area (Å²) in [5, 5.41) is 7.47. The van der Waals surface area contributed by atoms with Gasteiger partial charge in [0.05, 0.1) is 6.54 Å². The van der Waals surface area contributed by atoms with Crippen LogP contribution in [0.4, 0.5) is 0 Å². The first kappa shape index (κ1) is 17.8. The number of nitrogens with zero attached hydrogens (tertiary/aromatic N) is 4. The second kappa shape index (κ2) is 8.89. The highest BCUT2D eigenvalue weighted by molar-refractivity contribution is 4.90. The third kappa shape index (κ3) is 4.99. The van der Waals surface area contributed by atoms with Crippen LogP contribution >= 0.6 is 0 Å². The molecule has 2 saturated heterocycles. The molecule has 7 heteroatoms. The van der Waals surface area contributed by atoms with Crippen molar-refractivity contribution >= 4 is 0 Å². The van der Waals surface area contributed by atoms with Crippen molar-refractivity contribution in [3.63, 3.8) is 0 Å². The molecule has 3 rings (SSSR count). The monoisotopic (exact) mass is 337 g/mol. The van der Waals surface area contributed by atoms with Gasteiger partial charge in [0.15, 0.2) is 5.82 Å². The molecule has 1 atom stereocenters. The number of ether oxygens (including phenoxy) is 1. The second-order valence-corrected chi connectivity index (χ2v) is 7.05. The summed E-state index contributed by atoms with van der Waals surface area (Å²) in [4.78, 5) is 9.52. The van der Waals surface area contributed by atoms with E-state index in [9.17, 15) is 0 Å². The molecule has 7 nitrogen and oxygen atoms in total. The summed E-state index contributed by atoms with van der Waals surface area (Å²) in [6.07, 6.45) is 3.73.